The third-order valence-electron chi connectivity index (χ3n) is 4.37. The maximum Gasteiger partial charge on any atom is 0.243 e. The van der Waals surface area contributed by atoms with E-state index in [4.69, 9.17) is 14.6 Å². The van der Waals surface area contributed by atoms with Crippen LogP contribution in [-0.4, -0.2) is 42.7 Å². The lowest BCUT2D eigenvalue weighted by molar-refractivity contribution is -0.696. The van der Waals surface area contributed by atoms with Crippen LogP contribution in [0.3, 0.4) is 0 Å². The van der Waals surface area contributed by atoms with Crippen LogP contribution >= 0.6 is 0 Å². The number of aromatic nitrogens is 2. The van der Waals surface area contributed by atoms with Gasteiger partial charge in [-0.1, -0.05) is 51.9 Å². The van der Waals surface area contributed by atoms with Crippen molar-refractivity contribution in [3.63, 3.8) is 0 Å². The van der Waals surface area contributed by atoms with Gasteiger partial charge in [0.05, 0.1) is 39.6 Å². The molecule has 25 heavy (non-hydrogen) atoms. The molecule has 1 aromatic heterocycles. The molecule has 0 saturated carbocycles. The molecule has 0 radical (unpaired) electrons. The van der Waals surface area contributed by atoms with Gasteiger partial charge in [-0.2, -0.15) is 0 Å². The highest BCUT2D eigenvalue weighted by molar-refractivity contribution is 4.65. The van der Waals surface area contributed by atoms with Gasteiger partial charge >= 0.3 is 0 Å². The van der Waals surface area contributed by atoms with Crippen molar-refractivity contribution in [2.24, 2.45) is 0 Å². The molecule has 0 atom stereocenters. The van der Waals surface area contributed by atoms with E-state index in [1.165, 1.54) is 57.8 Å². The normalized spacial score (nSPS) is 11.3. The van der Waals surface area contributed by atoms with E-state index in [-0.39, 0.29) is 6.61 Å². The fourth-order valence-electron chi connectivity index (χ4n) is 2.86. The summed E-state index contributed by atoms with van der Waals surface area (Å²) in [6, 6.07) is 0. The average Bonchev–Trinajstić information content (AvgIpc) is 3.07. The third-order valence-corrected chi connectivity index (χ3v) is 4.37. The summed E-state index contributed by atoms with van der Waals surface area (Å²) >= 11 is 0. The minimum Gasteiger partial charge on any atom is -0.394 e. The van der Waals surface area contributed by atoms with Crippen LogP contribution in [0.1, 0.15) is 64.7 Å². The van der Waals surface area contributed by atoms with Gasteiger partial charge in [-0.15, -0.1) is 0 Å². The van der Waals surface area contributed by atoms with Gasteiger partial charge < -0.3 is 14.6 Å². The molecule has 0 unspecified atom stereocenters. The fraction of sp³-hybridized carbons (Fsp3) is 0.850. The molecule has 0 aliphatic heterocycles. The second kappa shape index (κ2) is 16.6. The highest BCUT2D eigenvalue weighted by Gasteiger charge is 2.03. The molecule has 1 aromatic rings. The fourth-order valence-corrected chi connectivity index (χ4v) is 2.86. The second-order valence-electron chi connectivity index (χ2n) is 6.67. The molecule has 5 nitrogen and oxygen atoms in total. The Balaban J connectivity index is 1.93. The first kappa shape index (κ1) is 22.1. The smallest absolute Gasteiger partial charge is 0.243 e. The summed E-state index contributed by atoms with van der Waals surface area (Å²) < 4.78 is 15.1. The van der Waals surface area contributed by atoms with E-state index in [0.29, 0.717) is 26.4 Å². The number of hydrogen-bond acceptors (Lipinski definition) is 3. The molecule has 0 fully saturated rings. The van der Waals surface area contributed by atoms with Crippen LogP contribution in [0.15, 0.2) is 18.7 Å². The van der Waals surface area contributed by atoms with Crippen LogP contribution in [0.25, 0.3) is 0 Å². The minimum atomic E-state index is 0.0718. The summed E-state index contributed by atoms with van der Waals surface area (Å²) in [4.78, 5) is 0. The molecule has 1 rings (SSSR count). The molecule has 1 N–H and O–H groups in total. The van der Waals surface area contributed by atoms with E-state index >= 15 is 0 Å². The molecule has 0 aromatic carbocycles. The van der Waals surface area contributed by atoms with E-state index in [0.717, 1.165) is 13.1 Å². The summed E-state index contributed by atoms with van der Waals surface area (Å²) in [6.45, 7) is 6.53. The summed E-state index contributed by atoms with van der Waals surface area (Å²) in [5.74, 6) is 0. The van der Waals surface area contributed by atoms with Crippen molar-refractivity contribution >= 4 is 0 Å². The zero-order valence-corrected chi connectivity index (χ0v) is 16.2. The summed E-state index contributed by atoms with van der Waals surface area (Å²) in [5, 5.41) is 8.59. The van der Waals surface area contributed by atoms with E-state index in [2.05, 4.69) is 34.8 Å². The number of aliphatic hydroxyl groups excluding tert-OH is 1. The quantitative estimate of drug-likeness (QED) is 0.324. The topological polar surface area (TPSA) is 47.5 Å². The lowest BCUT2D eigenvalue weighted by Gasteiger charge is -2.03. The maximum atomic E-state index is 8.59. The second-order valence-corrected chi connectivity index (χ2v) is 6.67. The van der Waals surface area contributed by atoms with Gasteiger partial charge in [-0.3, -0.25) is 0 Å². The molecule has 0 bridgehead atoms. The van der Waals surface area contributed by atoms with Crippen LogP contribution in [0.4, 0.5) is 0 Å². The Morgan fingerprint density at radius 3 is 2.16 bits per heavy atom. The third kappa shape index (κ3) is 13.0. The summed E-state index contributed by atoms with van der Waals surface area (Å²) in [5.41, 5.74) is 0. The van der Waals surface area contributed by atoms with Crippen molar-refractivity contribution in [1.82, 2.24) is 4.57 Å². The van der Waals surface area contributed by atoms with E-state index in [1.807, 2.05) is 0 Å². The van der Waals surface area contributed by atoms with Crippen molar-refractivity contribution in [1.29, 1.82) is 0 Å². The first-order valence-electron chi connectivity index (χ1n) is 10.2. The van der Waals surface area contributed by atoms with Crippen molar-refractivity contribution in [2.75, 3.05) is 33.0 Å². The van der Waals surface area contributed by atoms with E-state index < -0.39 is 0 Å². The zero-order valence-electron chi connectivity index (χ0n) is 16.2. The van der Waals surface area contributed by atoms with E-state index in [1.54, 1.807) is 0 Å². The Kier molecular flexibility index (Phi) is 14.7. The Hall–Kier alpha value is -0.910. The molecule has 0 saturated heterocycles. The Morgan fingerprint density at radius 1 is 0.840 bits per heavy atom. The number of ether oxygens (including phenoxy) is 2. The highest BCUT2D eigenvalue weighted by atomic mass is 16.5. The Morgan fingerprint density at radius 2 is 1.48 bits per heavy atom. The summed E-state index contributed by atoms with van der Waals surface area (Å²) in [7, 11) is 0. The predicted molar refractivity (Wildman–Crippen MR) is 101 cm³/mol. The molecule has 1 heterocycles. The first-order valence-corrected chi connectivity index (χ1v) is 10.2. The number of imidazole rings is 1. The lowest BCUT2D eigenvalue weighted by atomic mass is 10.1. The lowest BCUT2D eigenvalue weighted by Crippen LogP contribution is -2.31. The van der Waals surface area contributed by atoms with Gasteiger partial charge in [0.25, 0.3) is 0 Å². The minimum absolute atomic E-state index is 0.0718. The van der Waals surface area contributed by atoms with Crippen LogP contribution < -0.4 is 4.57 Å². The van der Waals surface area contributed by atoms with Gasteiger partial charge in [0, 0.05) is 0 Å². The summed E-state index contributed by atoms with van der Waals surface area (Å²) in [6.07, 6.45) is 18.8. The van der Waals surface area contributed by atoms with Gasteiger partial charge in [0.1, 0.15) is 18.9 Å². The van der Waals surface area contributed by atoms with Gasteiger partial charge in [-0.05, 0) is 12.8 Å². The maximum absolute atomic E-state index is 8.59. The highest BCUT2D eigenvalue weighted by Crippen LogP contribution is 2.09. The van der Waals surface area contributed by atoms with Gasteiger partial charge in [0.15, 0.2) is 0 Å². The average molecular weight is 356 g/mol. The van der Waals surface area contributed by atoms with Crippen LogP contribution in [0.5, 0.6) is 0 Å². The molecule has 0 spiro atoms. The predicted octanol–water partition coefficient (Wildman–Crippen LogP) is 3.33. The SMILES string of the molecule is CCCCCCCCCCC[n+]1ccn(CCOCCOCCO)c1. The number of aliphatic hydroxyl groups is 1. The monoisotopic (exact) mass is 355 g/mol. The zero-order chi connectivity index (χ0) is 18.0. The molecule has 5 heteroatoms. The van der Waals surface area contributed by atoms with Gasteiger partial charge in [-0.25, -0.2) is 9.13 Å². The number of nitrogens with zero attached hydrogens (tertiary/aromatic N) is 2. The van der Waals surface area contributed by atoms with Crippen molar-refractivity contribution < 1.29 is 19.1 Å². The molecular weight excluding hydrogens is 316 g/mol. The molecule has 0 aliphatic carbocycles. The molecular formula is C20H39N2O3+. The number of unbranched alkanes of at least 4 members (excludes halogenated alkanes) is 8. The van der Waals surface area contributed by atoms with Crippen molar-refractivity contribution in [3.05, 3.63) is 18.7 Å². The Labute approximate surface area is 154 Å². The van der Waals surface area contributed by atoms with Gasteiger partial charge in [0.2, 0.25) is 6.33 Å². The van der Waals surface area contributed by atoms with Crippen molar-refractivity contribution in [2.45, 2.75) is 77.8 Å². The number of aryl methyl sites for hydroxylation is 1. The number of hydrogen-bond donors (Lipinski definition) is 1. The largest absolute Gasteiger partial charge is 0.394 e. The standard InChI is InChI=1S/C20H39N2O3/c1-2-3-4-5-6-7-8-9-10-11-21-12-13-22(20-21)14-16-24-18-19-25-17-15-23/h12-13,20,23H,2-11,14-19H2,1H3/q+1. The molecule has 0 amide bonds. The Bertz CT molecular complexity index is 396. The van der Waals surface area contributed by atoms with Crippen molar-refractivity contribution in [3.8, 4) is 0 Å². The van der Waals surface area contributed by atoms with Crippen LogP contribution in [0, 0.1) is 0 Å². The first-order chi connectivity index (χ1) is 12.4. The van der Waals surface area contributed by atoms with Crippen LogP contribution in [-0.2, 0) is 22.6 Å². The number of rotatable bonds is 18. The van der Waals surface area contributed by atoms with E-state index in [9.17, 15) is 0 Å². The molecule has 146 valence electrons. The molecule has 0 aliphatic rings. The van der Waals surface area contributed by atoms with Crippen LogP contribution in [0.2, 0.25) is 0 Å².